The molecule has 29 heteroatoms. The van der Waals surface area contributed by atoms with E-state index in [1.165, 1.54) is 48.5 Å². The third-order valence-electron chi connectivity index (χ3n) is 14.9. The van der Waals surface area contributed by atoms with E-state index in [2.05, 4.69) is 37.2 Å². The number of phenolic OH excluding ortho intramolecular Hbond substituents is 6. The first-order valence-electron chi connectivity index (χ1n) is 26.7. The molecule has 0 spiro atoms. The van der Waals surface area contributed by atoms with Crippen LogP contribution < -0.4 is 57.2 Å². The van der Waals surface area contributed by atoms with E-state index in [-0.39, 0.29) is 66.4 Å². The Labute approximate surface area is 510 Å². The van der Waals surface area contributed by atoms with Crippen molar-refractivity contribution in [2.24, 2.45) is 5.73 Å². The topological polar surface area (TPSA) is 436 Å². The van der Waals surface area contributed by atoms with Gasteiger partial charge in [-0.05, 0) is 112 Å². The van der Waals surface area contributed by atoms with Crippen LogP contribution in [0, 0.1) is 0 Å². The molecule has 0 aliphatic carbocycles. The highest BCUT2D eigenvalue weighted by atomic mass is 35.5. The van der Waals surface area contributed by atoms with Gasteiger partial charge in [-0.3, -0.25) is 33.6 Å². The van der Waals surface area contributed by atoms with Crippen molar-refractivity contribution in [2.45, 2.75) is 54.8 Å². The van der Waals surface area contributed by atoms with Crippen LogP contribution in [0.25, 0.3) is 11.1 Å². The number of nitrogens with two attached hydrogens (primary N) is 1. The van der Waals surface area contributed by atoms with E-state index in [4.69, 9.17) is 43.1 Å². The van der Waals surface area contributed by atoms with Gasteiger partial charge in [-0.15, -0.1) is 0 Å². The molecule has 6 aliphatic rings. The average Bonchev–Trinajstić information content (AvgIpc) is 0.988. The van der Waals surface area contributed by atoms with Crippen molar-refractivity contribution in [1.29, 1.82) is 0 Å². The minimum absolute atomic E-state index is 0.0146. The molecule has 17 bridgehead atoms. The maximum atomic E-state index is 15.7. The van der Waals surface area contributed by atoms with E-state index >= 15 is 19.2 Å². The summed E-state index contributed by atoms with van der Waals surface area (Å²) in [4.78, 5) is 117. The largest absolute Gasteiger partial charge is 0.508 e. The molecule has 89 heavy (non-hydrogen) atoms. The Kier molecular flexibility index (Phi) is 15.9. The Morgan fingerprint density at radius 3 is 1.78 bits per heavy atom. The fourth-order valence-electron chi connectivity index (χ4n) is 10.6. The number of aliphatic carboxylic acids is 1. The summed E-state index contributed by atoms with van der Waals surface area (Å²) in [5.41, 5.74) is 3.32. The third-order valence-corrected chi connectivity index (χ3v) is 15.5. The van der Waals surface area contributed by atoms with Crippen LogP contribution in [0.3, 0.4) is 0 Å². The minimum atomic E-state index is -2.21. The van der Waals surface area contributed by atoms with Crippen molar-refractivity contribution in [3.8, 4) is 80.1 Å². The second-order valence-electron chi connectivity index (χ2n) is 20.8. The van der Waals surface area contributed by atoms with E-state index in [1.807, 2.05) is 0 Å². The van der Waals surface area contributed by atoms with Crippen molar-refractivity contribution in [3.05, 3.63) is 164 Å². The van der Waals surface area contributed by atoms with Gasteiger partial charge in [0, 0.05) is 35.2 Å². The molecule has 7 aromatic carbocycles. The van der Waals surface area contributed by atoms with Crippen LogP contribution in [0.5, 0.6) is 69.0 Å². The third kappa shape index (κ3) is 11.9. The standard InChI is InChI=1S/C60H48Cl2N8O19/c61-33-9-22-1-7-39(33)88-42-16-27-17-43(53(42)78)89-40-8-4-25(14-34(40)62)52(77)51-59(84)69-50(60(85)86)32-19-29(72)20-38(75)45(32)31-13-23(2-5-36(31)73)47(56(81)70-51)67-58(83)49(27)68-57(82)48-26-11-28(71)18-30(12-26)87-41-15-24(3-6-37(41)74)46(65-44(76)21-63)55(80)64-35(10-22)54(79)66-48/h1-9,11-20,35,46-52,71-75,77-78H,10,21,63H2,(H,64,80)(H,65,76)(H,66,79)(H,67,83)(H,68,82)(H,69,84)(H,70,81)(H,85,86)/t35-,46+,47-,48+,49-,50-,51+,52-/m1/s1. The van der Waals surface area contributed by atoms with Crippen LogP contribution in [0.1, 0.15) is 75.3 Å². The first-order chi connectivity index (χ1) is 42.4. The number of rotatable bonds is 3. The van der Waals surface area contributed by atoms with Crippen LogP contribution in [-0.4, -0.2) is 107 Å². The molecule has 0 aromatic heterocycles. The Bertz CT molecular complexity index is 4190. The van der Waals surface area contributed by atoms with Crippen LogP contribution in [-0.2, 0) is 44.8 Å². The molecule has 6 heterocycles. The lowest BCUT2D eigenvalue weighted by molar-refractivity contribution is -0.143. The quantitative estimate of drug-likeness (QED) is 0.118. The highest BCUT2D eigenvalue weighted by Gasteiger charge is 2.41. The Morgan fingerprint density at radius 2 is 1.11 bits per heavy atom. The number of carbonyl (C=O) groups excluding carboxylic acids is 7. The number of phenols is 6. The number of carbonyl (C=O) groups is 8. The molecule has 0 saturated heterocycles. The highest BCUT2D eigenvalue weighted by Crippen LogP contribution is 2.48. The average molecular weight is 1260 g/mol. The smallest absolute Gasteiger partial charge is 0.330 e. The molecule has 6 aliphatic heterocycles. The summed E-state index contributed by atoms with van der Waals surface area (Å²) in [6.07, 6.45) is -2.57. The SMILES string of the molecule is NCC(=O)N[C@@H]1C(=O)N[C@@H]2Cc3ccc(c(Cl)c3)Oc3cc4cc(c3O)Oc3ccc(cc3Cl)[C@@H](O)[C@@H]3NC(=O)[C@H](NC(=O)[C@@H]4NC(=O)[C@@H](NC2=O)c2cc(O)cc(c2)Oc2cc1ccc2O)c1ccc(O)c(c1)-c1c(O)cc(O)cc1[C@H](C(=O)O)NC3=O. The van der Waals surface area contributed by atoms with Crippen molar-refractivity contribution in [3.63, 3.8) is 0 Å². The number of aromatic hydroxyl groups is 6. The number of hydrogen-bond acceptors (Lipinski definition) is 19. The highest BCUT2D eigenvalue weighted by molar-refractivity contribution is 6.32. The number of amides is 7. The van der Waals surface area contributed by atoms with Crippen LogP contribution in [0.2, 0.25) is 10.0 Å². The zero-order valence-corrected chi connectivity index (χ0v) is 46.9. The fourth-order valence-corrected chi connectivity index (χ4v) is 11.0. The predicted octanol–water partition coefficient (Wildman–Crippen LogP) is 4.10. The minimum Gasteiger partial charge on any atom is -0.508 e. The van der Waals surface area contributed by atoms with Crippen molar-refractivity contribution >= 4 is 70.5 Å². The van der Waals surface area contributed by atoms with Gasteiger partial charge in [0.05, 0.1) is 16.6 Å². The molecular weight excluding hydrogens is 1210 g/mol. The molecule has 7 amide bonds. The van der Waals surface area contributed by atoms with Gasteiger partial charge in [0.25, 0.3) is 0 Å². The molecule has 17 N–H and O–H groups in total. The zero-order valence-electron chi connectivity index (χ0n) is 45.4. The molecule has 0 unspecified atom stereocenters. The van der Waals surface area contributed by atoms with Crippen LogP contribution >= 0.6 is 23.2 Å². The van der Waals surface area contributed by atoms with Gasteiger partial charge in [-0.1, -0.05) is 47.5 Å². The fraction of sp³-hybridized carbons (Fsp3) is 0.167. The first-order valence-corrected chi connectivity index (χ1v) is 27.4. The molecular formula is C60H48Cl2N8O19. The summed E-state index contributed by atoms with van der Waals surface area (Å²) in [6, 6.07) is 7.27. The molecule has 0 radical (unpaired) electrons. The lowest BCUT2D eigenvalue weighted by Gasteiger charge is -2.31. The van der Waals surface area contributed by atoms with Gasteiger partial charge in [0.15, 0.2) is 29.0 Å². The monoisotopic (exact) mass is 1250 g/mol. The van der Waals surface area contributed by atoms with E-state index in [1.54, 1.807) is 0 Å². The van der Waals surface area contributed by atoms with E-state index in [0.29, 0.717) is 0 Å². The second kappa shape index (κ2) is 23.7. The molecule has 0 saturated carbocycles. The maximum Gasteiger partial charge on any atom is 0.330 e. The normalized spacial score (nSPS) is 21.5. The van der Waals surface area contributed by atoms with Gasteiger partial charge >= 0.3 is 5.97 Å². The van der Waals surface area contributed by atoms with Gasteiger partial charge in [0.2, 0.25) is 47.1 Å². The number of fused-ring (bicyclic) bond motifs is 14. The first kappa shape index (κ1) is 59.7. The van der Waals surface area contributed by atoms with Crippen LogP contribution in [0.15, 0.2) is 115 Å². The zero-order chi connectivity index (χ0) is 63.4. The number of carboxylic acids is 1. The number of nitrogens with one attached hydrogen (secondary N) is 7. The lowest BCUT2D eigenvalue weighted by Crippen LogP contribution is -2.55. The van der Waals surface area contributed by atoms with Crippen LogP contribution in [0.4, 0.5) is 0 Å². The molecule has 7 aromatic rings. The van der Waals surface area contributed by atoms with E-state index < -0.39 is 171 Å². The number of aliphatic hydroxyl groups is 1. The number of ether oxygens (including phenoxy) is 3. The van der Waals surface area contributed by atoms with E-state index in [9.17, 15) is 60.0 Å². The van der Waals surface area contributed by atoms with Gasteiger partial charge in [0.1, 0.15) is 82.6 Å². The molecule has 0 fully saturated rings. The second-order valence-corrected chi connectivity index (χ2v) is 21.6. The molecule has 27 nitrogen and oxygen atoms in total. The summed E-state index contributed by atoms with van der Waals surface area (Å²) in [5, 5.41) is 108. The Balaban J connectivity index is 1.14. The summed E-state index contributed by atoms with van der Waals surface area (Å²) in [7, 11) is 0. The van der Waals surface area contributed by atoms with E-state index in [0.717, 1.165) is 66.7 Å². The Hall–Kier alpha value is -11.0. The van der Waals surface area contributed by atoms with Crippen molar-refractivity contribution in [2.75, 3.05) is 6.54 Å². The maximum absolute atomic E-state index is 15.7. The van der Waals surface area contributed by atoms with Gasteiger partial charge < -0.3 is 98.0 Å². The van der Waals surface area contributed by atoms with Crippen molar-refractivity contribution < 1.29 is 93.4 Å². The number of halogens is 2. The summed E-state index contributed by atoms with van der Waals surface area (Å²) in [6.45, 7) is -0.597. The lowest BCUT2D eigenvalue weighted by atomic mass is 9.89. The van der Waals surface area contributed by atoms with Crippen molar-refractivity contribution in [1.82, 2.24) is 37.2 Å². The molecule has 8 atom stereocenters. The molecule has 456 valence electrons. The number of hydrogen-bond donors (Lipinski definition) is 16. The predicted molar refractivity (Wildman–Crippen MR) is 308 cm³/mol. The number of carboxylic acid groups (broad SMARTS) is 1. The number of benzene rings is 7. The summed E-state index contributed by atoms with van der Waals surface area (Å²) >= 11 is 13.7. The molecule has 13 rings (SSSR count). The van der Waals surface area contributed by atoms with Gasteiger partial charge in [-0.2, -0.15) is 0 Å². The number of aliphatic hydroxyl groups excluding tert-OH is 1. The summed E-state index contributed by atoms with van der Waals surface area (Å²) < 4.78 is 18.5. The Morgan fingerprint density at radius 1 is 0.528 bits per heavy atom. The van der Waals surface area contributed by atoms with Gasteiger partial charge in [-0.25, -0.2) is 4.79 Å². The summed E-state index contributed by atoms with van der Waals surface area (Å²) in [5.74, 6) is -16.4.